The van der Waals surface area contributed by atoms with Crippen LogP contribution in [0.1, 0.15) is 49.9 Å². The number of likely N-dealkylation sites (tertiary alicyclic amines) is 2. The van der Waals surface area contributed by atoms with Gasteiger partial charge in [-0.15, -0.1) is 0 Å². The first-order valence-corrected chi connectivity index (χ1v) is 8.93. The molecule has 4 heteroatoms. The summed E-state index contributed by atoms with van der Waals surface area (Å²) in [6.07, 6.45) is 5.02. The minimum atomic E-state index is 0.153. The number of hydrogen-bond acceptors (Lipinski definition) is 3. The second kappa shape index (κ2) is 7.35. The summed E-state index contributed by atoms with van der Waals surface area (Å²) in [6, 6.07) is 7.97. The van der Waals surface area contributed by atoms with Crippen LogP contribution in [0.2, 0.25) is 0 Å². The molecule has 2 saturated heterocycles. The van der Waals surface area contributed by atoms with Crippen LogP contribution >= 0.6 is 0 Å². The number of carbonyl (C=O) groups is 1. The Bertz CT molecular complexity index is 521. The lowest BCUT2D eigenvalue weighted by Gasteiger charge is -2.28. The van der Waals surface area contributed by atoms with Crippen LogP contribution in [0.3, 0.4) is 0 Å². The molecule has 23 heavy (non-hydrogen) atoms. The van der Waals surface area contributed by atoms with E-state index < -0.39 is 0 Å². The van der Waals surface area contributed by atoms with Crippen molar-refractivity contribution in [1.29, 1.82) is 0 Å². The Morgan fingerprint density at radius 1 is 1.13 bits per heavy atom. The predicted octanol–water partition coefficient (Wildman–Crippen LogP) is 3.17. The minimum absolute atomic E-state index is 0.153. The molecule has 2 heterocycles. The summed E-state index contributed by atoms with van der Waals surface area (Å²) in [7, 11) is 0. The fraction of sp³-hybridized carbons (Fsp3) is 0.632. The molecule has 0 aromatic heterocycles. The first-order valence-electron chi connectivity index (χ1n) is 8.93. The molecule has 0 saturated carbocycles. The normalized spacial score (nSPS) is 22.0. The lowest BCUT2D eigenvalue weighted by Crippen LogP contribution is -2.42. The van der Waals surface area contributed by atoms with Crippen molar-refractivity contribution < 1.29 is 9.53 Å². The Kier molecular flexibility index (Phi) is 5.21. The average Bonchev–Trinajstić information content (AvgIpc) is 3.19. The molecule has 0 unspecified atom stereocenters. The molecule has 1 amide bonds. The van der Waals surface area contributed by atoms with Gasteiger partial charge in [0.05, 0.1) is 6.10 Å². The molecule has 126 valence electrons. The molecule has 1 aromatic carbocycles. The SMILES string of the molecule is CC(C)Oc1ccc(C(=O)N2CCC[C@H]2CN2CCCC2)cc1. The van der Waals surface area contributed by atoms with Gasteiger partial charge >= 0.3 is 0 Å². The quantitative estimate of drug-likeness (QED) is 0.836. The number of ether oxygens (including phenoxy) is 1. The van der Waals surface area contributed by atoms with Crippen LogP contribution in [-0.4, -0.2) is 54.0 Å². The third-order valence-electron chi connectivity index (χ3n) is 4.78. The highest BCUT2D eigenvalue weighted by Crippen LogP contribution is 2.23. The smallest absolute Gasteiger partial charge is 0.254 e. The molecule has 0 spiro atoms. The largest absolute Gasteiger partial charge is 0.491 e. The van der Waals surface area contributed by atoms with Gasteiger partial charge in [0.25, 0.3) is 5.91 Å². The van der Waals surface area contributed by atoms with Gasteiger partial charge in [0.15, 0.2) is 0 Å². The van der Waals surface area contributed by atoms with Gasteiger partial charge in [0, 0.05) is 24.7 Å². The summed E-state index contributed by atoms with van der Waals surface area (Å²) >= 11 is 0. The Labute approximate surface area is 139 Å². The maximum Gasteiger partial charge on any atom is 0.254 e. The maximum absolute atomic E-state index is 12.8. The van der Waals surface area contributed by atoms with Crippen LogP contribution < -0.4 is 4.74 Å². The molecule has 2 fully saturated rings. The summed E-state index contributed by atoms with van der Waals surface area (Å²) in [5.74, 6) is 0.995. The number of hydrogen-bond donors (Lipinski definition) is 0. The Balaban J connectivity index is 1.63. The van der Waals surface area contributed by atoms with Crippen molar-refractivity contribution in [2.75, 3.05) is 26.2 Å². The summed E-state index contributed by atoms with van der Waals surface area (Å²) in [4.78, 5) is 17.4. The van der Waals surface area contributed by atoms with Gasteiger partial charge in [-0.05, 0) is 76.9 Å². The van der Waals surface area contributed by atoms with E-state index in [1.54, 1.807) is 0 Å². The lowest BCUT2D eigenvalue weighted by atomic mass is 10.1. The number of rotatable bonds is 5. The average molecular weight is 316 g/mol. The zero-order valence-electron chi connectivity index (χ0n) is 14.3. The maximum atomic E-state index is 12.8. The van der Waals surface area contributed by atoms with E-state index in [9.17, 15) is 4.79 Å². The van der Waals surface area contributed by atoms with E-state index >= 15 is 0 Å². The Hall–Kier alpha value is -1.55. The molecule has 1 atom stereocenters. The molecule has 0 N–H and O–H groups in total. The molecule has 4 nitrogen and oxygen atoms in total. The van der Waals surface area contributed by atoms with E-state index in [0.29, 0.717) is 6.04 Å². The zero-order chi connectivity index (χ0) is 16.2. The van der Waals surface area contributed by atoms with Crippen LogP contribution in [0, 0.1) is 0 Å². The Morgan fingerprint density at radius 3 is 2.48 bits per heavy atom. The van der Waals surface area contributed by atoms with Crippen molar-refractivity contribution in [1.82, 2.24) is 9.80 Å². The van der Waals surface area contributed by atoms with E-state index in [0.717, 1.165) is 37.2 Å². The molecule has 0 radical (unpaired) electrons. The molecule has 0 aliphatic carbocycles. The number of carbonyl (C=O) groups excluding carboxylic acids is 1. The third kappa shape index (κ3) is 4.05. The van der Waals surface area contributed by atoms with Crippen LogP contribution in [0.5, 0.6) is 5.75 Å². The molecule has 2 aliphatic heterocycles. The first-order chi connectivity index (χ1) is 11.1. The van der Waals surface area contributed by atoms with Crippen LogP contribution in [0.25, 0.3) is 0 Å². The van der Waals surface area contributed by atoms with Gasteiger partial charge in [-0.3, -0.25) is 4.79 Å². The zero-order valence-corrected chi connectivity index (χ0v) is 14.3. The van der Waals surface area contributed by atoms with Gasteiger partial charge in [-0.25, -0.2) is 0 Å². The van der Waals surface area contributed by atoms with Crippen LogP contribution in [-0.2, 0) is 0 Å². The molecule has 3 rings (SSSR count). The van der Waals surface area contributed by atoms with E-state index in [-0.39, 0.29) is 12.0 Å². The molecule has 1 aromatic rings. The second-order valence-electron chi connectivity index (χ2n) is 6.99. The molecular weight excluding hydrogens is 288 g/mol. The standard InChI is InChI=1S/C19H28N2O2/c1-15(2)23-18-9-7-16(8-10-18)19(22)21-13-5-6-17(21)14-20-11-3-4-12-20/h7-10,15,17H,3-6,11-14H2,1-2H3/t17-/m0/s1. The van der Waals surface area contributed by atoms with Gasteiger partial charge in [0.2, 0.25) is 0 Å². The lowest BCUT2D eigenvalue weighted by molar-refractivity contribution is 0.0708. The Morgan fingerprint density at radius 2 is 1.83 bits per heavy atom. The first kappa shape index (κ1) is 16.3. The van der Waals surface area contributed by atoms with E-state index in [1.807, 2.05) is 38.1 Å². The van der Waals surface area contributed by atoms with Crippen molar-refractivity contribution in [2.45, 2.75) is 51.7 Å². The highest BCUT2D eigenvalue weighted by atomic mass is 16.5. The molecule has 0 bridgehead atoms. The van der Waals surface area contributed by atoms with Crippen molar-refractivity contribution in [3.63, 3.8) is 0 Å². The third-order valence-corrected chi connectivity index (χ3v) is 4.78. The van der Waals surface area contributed by atoms with Gasteiger partial charge in [-0.1, -0.05) is 0 Å². The second-order valence-corrected chi connectivity index (χ2v) is 6.99. The minimum Gasteiger partial charge on any atom is -0.491 e. The monoisotopic (exact) mass is 316 g/mol. The van der Waals surface area contributed by atoms with E-state index in [2.05, 4.69) is 9.80 Å². The van der Waals surface area contributed by atoms with Crippen LogP contribution in [0.4, 0.5) is 0 Å². The summed E-state index contributed by atoms with van der Waals surface area (Å²) in [5.41, 5.74) is 0.773. The summed E-state index contributed by atoms with van der Waals surface area (Å²) in [6.45, 7) is 8.33. The van der Waals surface area contributed by atoms with Crippen molar-refractivity contribution >= 4 is 5.91 Å². The molecule has 2 aliphatic rings. The topological polar surface area (TPSA) is 32.8 Å². The number of amides is 1. The number of nitrogens with zero attached hydrogens (tertiary/aromatic N) is 2. The van der Waals surface area contributed by atoms with Crippen molar-refractivity contribution in [3.05, 3.63) is 29.8 Å². The van der Waals surface area contributed by atoms with Gasteiger partial charge in [0.1, 0.15) is 5.75 Å². The van der Waals surface area contributed by atoms with Gasteiger partial charge < -0.3 is 14.5 Å². The van der Waals surface area contributed by atoms with Crippen molar-refractivity contribution in [2.24, 2.45) is 0 Å². The fourth-order valence-corrected chi connectivity index (χ4v) is 3.67. The van der Waals surface area contributed by atoms with Crippen molar-refractivity contribution in [3.8, 4) is 5.75 Å². The number of benzene rings is 1. The predicted molar refractivity (Wildman–Crippen MR) is 91.9 cm³/mol. The molecular formula is C19H28N2O2. The van der Waals surface area contributed by atoms with Gasteiger partial charge in [-0.2, -0.15) is 0 Å². The summed E-state index contributed by atoms with van der Waals surface area (Å²) < 4.78 is 5.65. The fourth-order valence-electron chi connectivity index (χ4n) is 3.67. The van der Waals surface area contributed by atoms with E-state index in [4.69, 9.17) is 4.74 Å². The summed E-state index contributed by atoms with van der Waals surface area (Å²) in [5, 5.41) is 0. The van der Waals surface area contributed by atoms with E-state index in [1.165, 1.54) is 25.9 Å². The van der Waals surface area contributed by atoms with Crippen LogP contribution in [0.15, 0.2) is 24.3 Å². The highest BCUT2D eigenvalue weighted by molar-refractivity contribution is 5.94. The highest BCUT2D eigenvalue weighted by Gasteiger charge is 2.31.